The van der Waals surface area contributed by atoms with Crippen LogP contribution in [0.3, 0.4) is 0 Å². The van der Waals surface area contributed by atoms with Gasteiger partial charge in [0.05, 0.1) is 11.7 Å². The third-order valence-corrected chi connectivity index (χ3v) is 2.09. The summed E-state index contributed by atoms with van der Waals surface area (Å²) in [6, 6.07) is 0. The van der Waals surface area contributed by atoms with Gasteiger partial charge in [0, 0.05) is 18.6 Å². The first-order chi connectivity index (χ1) is 6.77. The number of hydrogen-bond donors (Lipinski definition) is 0. The molecule has 0 saturated heterocycles. The van der Waals surface area contributed by atoms with E-state index >= 15 is 0 Å². The predicted molar refractivity (Wildman–Crippen MR) is 55.9 cm³/mol. The first-order valence-corrected chi connectivity index (χ1v) is 4.81. The van der Waals surface area contributed by atoms with Crippen LogP contribution in [0.25, 0.3) is 11.0 Å². The Hall–Kier alpha value is -1.51. The summed E-state index contributed by atoms with van der Waals surface area (Å²) in [7, 11) is 0. The van der Waals surface area contributed by atoms with Crippen molar-refractivity contribution in [1.82, 2.24) is 15.0 Å². The van der Waals surface area contributed by atoms with Gasteiger partial charge in [0.1, 0.15) is 5.52 Å². The van der Waals surface area contributed by atoms with Gasteiger partial charge in [0.2, 0.25) is 0 Å². The number of hydrogen-bond acceptors (Lipinski definition) is 3. The maximum Gasteiger partial charge on any atom is 0.107 e. The van der Waals surface area contributed by atoms with Crippen molar-refractivity contribution in [3.63, 3.8) is 0 Å². The zero-order chi connectivity index (χ0) is 9.97. The van der Waals surface area contributed by atoms with Crippen molar-refractivity contribution in [2.45, 2.75) is 20.3 Å². The lowest BCUT2D eigenvalue weighted by Gasteiger charge is -2.06. The molecule has 0 saturated carbocycles. The molecule has 0 aliphatic carbocycles. The minimum absolute atomic E-state index is 0.615. The van der Waals surface area contributed by atoms with Crippen molar-refractivity contribution >= 4 is 11.0 Å². The Kier molecular flexibility index (Phi) is 2.39. The van der Waals surface area contributed by atoms with E-state index in [9.17, 15) is 0 Å². The van der Waals surface area contributed by atoms with Crippen LogP contribution in [0.15, 0.2) is 24.8 Å². The fourth-order valence-electron chi connectivity index (χ4n) is 1.54. The van der Waals surface area contributed by atoms with Crippen LogP contribution in [0, 0.1) is 5.92 Å². The summed E-state index contributed by atoms with van der Waals surface area (Å²) in [6.07, 6.45) is 8.07. The van der Waals surface area contributed by atoms with E-state index in [1.807, 2.05) is 6.20 Å². The summed E-state index contributed by atoms with van der Waals surface area (Å²) < 4.78 is 0. The maximum atomic E-state index is 4.33. The van der Waals surface area contributed by atoms with Crippen molar-refractivity contribution in [2.75, 3.05) is 0 Å². The van der Waals surface area contributed by atoms with Crippen LogP contribution in [-0.2, 0) is 6.42 Å². The van der Waals surface area contributed by atoms with E-state index in [4.69, 9.17) is 0 Å². The second-order valence-electron chi connectivity index (χ2n) is 3.82. The molecule has 14 heavy (non-hydrogen) atoms. The van der Waals surface area contributed by atoms with E-state index in [1.54, 1.807) is 18.6 Å². The van der Waals surface area contributed by atoms with E-state index < -0.39 is 0 Å². The van der Waals surface area contributed by atoms with E-state index in [2.05, 4.69) is 28.8 Å². The van der Waals surface area contributed by atoms with Crippen LogP contribution in [0.4, 0.5) is 0 Å². The molecule has 0 radical (unpaired) electrons. The van der Waals surface area contributed by atoms with Gasteiger partial charge in [-0.15, -0.1) is 0 Å². The molecule has 0 atom stereocenters. The van der Waals surface area contributed by atoms with E-state index in [0.717, 1.165) is 17.5 Å². The highest BCUT2D eigenvalue weighted by molar-refractivity contribution is 5.76. The molecule has 0 fully saturated rings. The lowest BCUT2D eigenvalue weighted by molar-refractivity contribution is 0.648. The highest BCUT2D eigenvalue weighted by Crippen LogP contribution is 2.15. The summed E-state index contributed by atoms with van der Waals surface area (Å²) in [6.45, 7) is 4.38. The quantitative estimate of drug-likeness (QED) is 0.723. The second kappa shape index (κ2) is 3.70. The molecule has 72 valence electrons. The average Bonchev–Trinajstić information content (AvgIpc) is 2.18. The molecule has 2 aromatic rings. The topological polar surface area (TPSA) is 38.7 Å². The van der Waals surface area contributed by atoms with E-state index in [1.165, 1.54) is 5.56 Å². The van der Waals surface area contributed by atoms with Crippen LogP contribution < -0.4 is 0 Å². The van der Waals surface area contributed by atoms with E-state index in [0.29, 0.717) is 5.92 Å². The lowest BCUT2D eigenvalue weighted by atomic mass is 10.0. The van der Waals surface area contributed by atoms with Gasteiger partial charge in [0.25, 0.3) is 0 Å². The third kappa shape index (κ3) is 1.71. The standard InChI is InChI=1S/C11H13N3/c1-8(2)5-9-6-12-7-10-11(9)14-4-3-13-10/h3-4,6-8H,5H2,1-2H3. The summed E-state index contributed by atoms with van der Waals surface area (Å²) in [4.78, 5) is 12.7. The van der Waals surface area contributed by atoms with Gasteiger partial charge < -0.3 is 0 Å². The molecular weight excluding hydrogens is 174 g/mol. The maximum absolute atomic E-state index is 4.33. The Bertz CT molecular complexity index is 432. The molecule has 0 aliphatic rings. The molecule has 0 aromatic carbocycles. The number of pyridine rings is 1. The normalized spacial score (nSPS) is 11.1. The van der Waals surface area contributed by atoms with Crippen molar-refractivity contribution in [3.8, 4) is 0 Å². The van der Waals surface area contributed by atoms with Crippen molar-refractivity contribution in [2.24, 2.45) is 5.92 Å². The summed E-state index contributed by atoms with van der Waals surface area (Å²) in [5.41, 5.74) is 3.05. The predicted octanol–water partition coefficient (Wildman–Crippen LogP) is 2.22. The fourth-order valence-corrected chi connectivity index (χ4v) is 1.54. The zero-order valence-corrected chi connectivity index (χ0v) is 8.44. The van der Waals surface area contributed by atoms with Gasteiger partial charge in [-0.1, -0.05) is 13.8 Å². The SMILES string of the molecule is CC(C)Cc1cncc2nccnc12. The minimum atomic E-state index is 0.615. The molecular formula is C11H13N3. The van der Waals surface area contributed by atoms with Gasteiger partial charge in [-0.3, -0.25) is 15.0 Å². The number of fused-ring (bicyclic) bond motifs is 1. The smallest absolute Gasteiger partial charge is 0.107 e. The van der Waals surface area contributed by atoms with Gasteiger partial charge in [-0.05, 0) is 17.9 Å². The molecule has 2 aromatic heterocycles. The van der Waals surface area contributed by atoms with Crippen LogP contribution >= 0.6 is 0 Å². The summed E-state index contributed by atoms with van der Waals surface area (Å²) in [5, 5.41) is 0. The van der Waals surface area contributed by atoms with Gasteiger partial charge in [0.15, 0.2) is 0 Å². The largest absolute Gasteiger partial charge is 0.262 e. The first-order valence-electron chi connectivity index (χ1n) is 4.81. The Labute approximate surface area is 83.2 Å². The minimum Gasteiger partial charge on any atom is -0.262 e. The molecule has 0 spiro atoms. The van der Waals surface area contributed by atoms with Crippen LogP contribution in [0.5, 0.6) is 0 Å². The Morgan fingerprint density at radius 2 is 1.93 bits per heavy atom. The van der Waals surface area contributed by atoms with Crippen LogP contribution in [0.2, 0.25) is 0 Å². The fraction of sp³-hybridized carbons (Fsp3) is 0.364. The molecule has 3 nitrogen and oxygen atoms in total. The molecule has 0 N–H and O–H groups in total. The monoisotopic (exact) mass is 187 g/mol. The third-order valence-electron chi connectivity index (χ3n) is 2.09. The number of rotatable bonds is 2. The summed E-state index contributed by atoms with van der Waals surface area (Å²) in [5.74, 6) is 0.615. The second-order valence-corrected chi connectivity index (χ2v) is 3.82. The number of nitrogens with zero attached hydrogens (tertiary/aromatic N) is 3. The Balaban J connectivity index is 2.53. The summed E-state index contributed by atoms with van der Waals surface area (Å²) >= 11 is 0. The van der Waals surface area contributed by atoms with Gasteiger partial charge >= 0.3 is 0 Å². The zero-order valence-electron chi connectivity index (χ0n) is 8.44. The van der Waals surface area contributed by atoms with Crippen molar-refractivity contribution in [3.05, 3.63) is 30.4 Å². The Morgan fingerprint density at radius 3 is 2.71 bits per heavy atom. The van der Waals surface area contributed by atoms with Gasteiger partial charge in [-0.25, -0.2) is 0 Å². The first kappa shape index (κ1) is 9.06. The van der Waals surface area contributed by atoms with Crippen LogP contribution in [0.1, 0.15) is 19.4 Å². The molecule has 2 rings (SSSR count). The molecule has 0 amide bonds. The molecule has 2 heterocycles. The molecule has 0 unspecified atom stereocenters. The molecule has 3 heteroatoms. The highest BCUT2D eigenvalue weighted by Gasteiger charge is 2.04. The van der Waals surface area contributed by atoms with Crippen LogP contribution in [-0.4, -0.2) is 15.0 Å². The average molecular weight is 187 g/mol. The number of aromatic nitrogens is 3. The highest BCUT2D eigenvalue weighted by atomic mass is 14.8. The van der Waals surface area contributed by atoms with E-state index in [-0.39, 0.29) is 0 Å². The van der Waals surface area contributed by atoms with Crippen molar-refractivity contribution in [1.29, 1.82) is 0 Å². The van der Waals surface area contributed by atoms with Crippen molar-refractivity contribution < 1.29 is 0 Å². The van der Waals surface area contributed by atoms with Gasteiger partial charge in [-0.2, -0.15) is 0 Å². The molecule has 0 bridgehead atoms. The lowest BCUT2D eigenvalue weighted by Crippen LogP contribution is -1.98. The Morgan fingerprint density at radius 1 is 1.14 bits per heavy atom. The molecule has 0 aliphatic heterocycles.